The van der Waals surface area contributed by atoms with Crippen LogP contribution in [0.5, 0.6) is 0 Å². The van der Waals surface area contributed by atoms with Gasteiger partial charge in [0.2, 0.25) is 11.8 Å². The number of hydrogen-bond donors (Lipinski definition) is 1. The van der Waals surface area contributed by atoms with E-state index in [1.165, 1.54) is 0 Å². The van der Waals surface area contributed by atoms with E-state index in [-0.39, 0.29) is 17.9 Å². The molecule has 0 bridgehead atoms. The molecule has 5 heteroatoms. The van der Waals surface area contributed by atoms with Crippen LogP contribution in [0.1, 0.15) is 46.5 Å². The van der Waals surface area contributed by atoms with Crippen LogP contribution in [0.2, 0.25) is 0 Å². The summed E-state index contributed by atoms with van der Waals surface area (Å²) in [5, 5.41) is 2.96. The van der Waals surface area contributed by atoms with Gasteiger partial charge in [0, 0.05) is 13.2 Å². The number of hydrogen-bond acceptors (Lipinski definition) is 3. The molecule has 0 radical (unpaired) electrons. The normalized spacial score (nSPS) is 27.7. The van der Waals surface area contributed by atoms with E-state index >= 15 is 0 Å². The molecule has 1 N–H and O–H groups in total. The van der Waals surface area contributed by atoms with Crippen molar-refractivity contribution in [3.05, 3.63) is 0 Å². The third-order valence-electron chi connectivity index (χ3n) is 4.24. The zero-order valence-electron chi connectivity index (χ0n) is 12.1. The first-order valence-corrected chi connectivity index (χ1v) is 7.25. The zero-order chi connectivity index (χ0) is 14.0. The molecule has 1 saturated heterocycles. The van der Waals surface area contributed by atoms with Gasteiger partial charge in [-0.25, -0.2) is 0 Å². The summed E-state index contributed by atoms with van der Waals surface area (Å²) in [5.41, 5.74) is -0.629. The molecule has 0 aromatic rings. The molecule has 2 fully saturated rings. The van der Waals surface area contributed by atoms with E-state index in [0.29, 0.717) is 13.2 Å². The first-order chi connectivity index (χ1) is 9.00. The van der Waals surface area contributed by atoms with Gasteiger partial charge in [-0.05, 0) is 33.6 Å². The Morgan fingerprint density at radius 3 is 2.63 bits per heavy atom. The molecule has 1 heterocycles. The Kier molecular flexibility index (Phi) is 4.13. The van der Waals surface area contributed by atoms with Gasteiger partial charge in [-0.1, -0.05) is 12.8 Å². The van der Waals surface area contributed by atoms with Gasteiger partial charge in [-0.15, -0.1) is 0 Å². The lowest BCUT2D eigenvalue weighted by Gasteiger charge is -2.44. The number of nitrogens with one attached hydrogen (secondary N) is 1. The van der Waals surface area contributed by atoms with Crippen LogP contribution in [0.3, 0.4) is 0 Å². The molecule has 2 atom stereocenters. The molecule has 108 valence electrons. The summed E-state index contributed by atoms with van der Waals surface area (Å²) < 4.78 is 5.50. The van der Waals surface area contributed by atoms with Crippen molar-refractivity contribution in [3.8, 4) is 0 Å². The van der Waals surface area contributed by atoms with Gasteiger partial charge in [0.15, 0.2) is 0 Å². The van der Waals surface area contributed by atoms with Crippen LogP contribution in [0.15, 0.2) is 0 Å². The van der Waals surface area contributed by atoms with Crippen LogP contribution in [-0.4, -0.2) is 47.6 Å². The Bertz CT molecular complexity index is 364. The van der Waals surface area contributed by atoms with Gasteiger partial charge in [-0.3, -0.25) is 9.59 Å². The van der Waals surface area contributed by atoms with E-state index in [9.17, 15) is 9.59 Å². The van der Waals surface area contributed by atoms with Crippen molar-refractivity contribution in [3.63, 3.8) is 0 Å². The lowest BCUT2D eigenvalue weighted by molar-refractivity contribution is -0.156. The maximum absolute atomic E-state index is 12.7. The fourth-order valence-corrected chi connectivity index (χ4v) is 3.16. The lowest BCUT2D eigenvalue weighted by Crippen LogP contribution is -2.69. The van der Waals surface area contributed by atoms with Crippen molar-refractivity contribution >= 4 is 11.8 Å². The van der Waals surface area contributed by atoms with E-state index in [2.05, 4.69) is 5.32 Å². The molecule has 2 rings (SSSR count). The van der Waals surface area contributed by atoms with E-state index < -0.39 is 11.6 Å². The highest BCUT2D eigenvalue weighted by Gasteiger charge is 2.50. The predicted octanol–water partition coefficient (Wildman–Crippen LogP) is 1.07. The van der Waals surface area contributed by atoms with E-state index in [0.717, 1.165) is 25.7 Å². The van der Waals surface area contributed by atoms with Crippen molar-refractivity contribution in [1.82, 2.24) is 10.2 Å². The monoisotopic (exact) mass is 268 g/mol. The number of ether oxygens (including phenoxy) is 1. The smallest absolute Gasteiger partial charge is 0.249 e. The largest absolute Gasteiger partial charge is 0.377 e. The SMILES string of the molecule is CCOC(C)CN1C(=O)C2(CCCC2)NC(=O)C1C. The van der Waals surface area contributed by atoms with Crippen LogP contribution >= 0.6 is 0 Å². The van der Waals surface area contributed by atoms with Gasteiger partial charge < -0.3 is 15.0 Å². The molecule has 0 aromatic heterocycles. The topological polar surface area (TPSA) is 58.6 Å². The zero-order valence-corrected chi connectivity index (χ0v) is 12.1. The molecule has 19 heavy (non-hydrogen) atoms. The maximum Gasteiger partial charge on any atom is 0.249 e. The van der Waals surface area contributed by atoms with Crippen molar-refractivity contribution in [2.45, 2.75) is 64.1 Å². The minimum absolute atomic E-state index is 0.0369. The van der Waals surface area contributed by atoms with Gasteiger partial charge in [0.25, 0.3) is 0 Å². The average molecular weight is 268 g/mol. The van der Waals surface area contributed by atoms with E-state index in [4.69, 9.17) is 4.74 Å². The fraction of sp³-hybridized carbons (Fsp3) is 0.857. The second kappa shape index (κ2) is 5.49. The quantitative estimate of drug-likeness (QED) is 0.829. The average Bonchev–Trinajstić information content (AvgIpc) is 2.82. The number of amides is 2. The highest BCUT2D eigenvalue weighted by atomic mass is 16.5. The summed E-state index contributed by atoms with van der Waals surface area (Å²) in [6.45, 7) is 6.77. The summed E-state index contributed by atoms with van der Waals surface area (Å²) in [6, 6.07) is -0.401. The summed E-state index contributed by atoms with van der Waals surface area (Å²) in [6.07, 6.45) is 3.51. The molecule has 2 amide bonds. The number of carbonyl (C=O) groups is 2. The van der Waals surface area contributed by atoms with Gasteiger partial charge in [-0.2, -0.15) is 0 Å². The minimum Gasteiger partial charge on any atom is -0.377 e. The number of piperazine rings is 1. The molecular formula is C14H24N2O3. The first-order valence-electron chi connectivity index (χ1n) is 7.25. The van der Waals surface area contributed by atoms with Crippen LogP contribution in [0.4, 0.5) is 0 Å². The highest BCUT2D eigenvalue weighted by Crippen LogP contribution is 2.34. The third-order valence-corrected chi connectivity index (χ3v) is 4.24. The van der Waals surface area contributed by atoms with Crippen molar-refractivity contribution in [1.29, 1.82) is 0 Å². The standard InChI is InChI=1S/C14H24N2O3/c1-4-19-10(2)9-16-11(3)12(17)15-14(13(16)18)7-5-6-8-14/h10-11H,4-9H2,1-3H3,(H,15,17). The second-order valence-corrected chi connectivity index (χ2v) is 5.68. The Morgan fingerprint density at radius 1 is 1.42 bits per heavy atom. The number of rotatable bonds is 4. The third kappa shape index (κ3) is 2.61. The van der Waals surface area contributed by atoms with Crippen molar-refractivity contribution < 1.29 is 14.3 Å². The lowest BCUT2D eigenvalue weighted by atomic mass is 9.91. The number of carbonyl (C=O) groups excluding carboxylic acids is 2. The Hall–Kier alpha value is -1.10. The van der Waals surface area contributed by atoms with Gasteiger partial charge in [0.1, 0.15) is 11.6 Å². The summed E-state index contributed by atoms with van der Waals surface area (Å²) >= 11 is 0. The second-order valence-electron chi connectivity index (χ2n) is 5.68. The number of nitrogens with zero attached hydrogens (tertiary/aromatic N) is 1. The van der Waals surface area contributed by atoms with Crippen LogP contribution in [-0.2, 0) is 14.3 Å². The molecule has 2 unspecified atom stereocenters. The highest BCUT2D eigenvalue weighted by molar-refractivity contribution is 5.99. The molecule has 1 aliphatic carbocycles. The van der Waals surface area contributed by atoms with E-state index in [1.54, 1.807) is 11.8 Å². The van der Waals surface area contributed by atoms with Crippen LogP contribution < -0.4 is 5.32 Å². The first kappa shape index (κ1) is 14.3. The van der Waals surface area contributed by atoms with Gasteiger partial charge >= 0.3 is 0 Å². The molecule has 5 nitrogen and oxygen atoms in total. The van der Waals surface area contributed by atoms with E-state index in [1.807, 2.05) is 13.8 Å². The van der Waals surface area contributed by atoms with Crippen molar-refractivity contribution in [2.24, 2.45) is 0 Å². The fourth-order valence-electron chi connectivity index (χ4n) is 3.16. The minimum atomic E-state index is -0.629. The Morgan fingerprint density at radius 2 is 2.05 bits per heavy atom. The van der Waals surface area contributed by atoms with Crippen LogP contribution in [0, 0.1) is 0 Å². The summed E-state index contributed by atoms with van der Waals surface area (Å²) in [4.78, 5) is 26.5. The van der Waals surface area contributed by atoms with Crippen LogP contribution in [0.25, 0.3) is 0 Å². The van der Waals surface area contributed by atoms with Gasteiger partial charge in [0.05, 0.1) is 6.10 Å². The molecule has 1 aliphatic heterocycles. The molecule has 0 aromatic carbocycles. The maximum atomic E-state index is 12.7. The summed E-state index contributed by atoms with van der Waals surface area (Å²) in [5.74, 6) is 0.0360. The Labute approximate surface area is 114 Å². The summed E-state index contributed by atoms with van der Waals surface area (Å²) in [7, 11) is 0. The predicted molar refractivity (Wildman–Crippen MR) is 71.6 cm³/mol. The molecule has 1 saturated carbocycles. The Balaban J connectivity index is 2.14. The molecular weight excluding hydrogens is 244 g/mol. The van der Waals surface area contributed by atoms with Crippen molar-refractivity contribution in [2.75, 3.05) is 13.2 Å². The molecule has 1 spiro atoms. The molecule has 2 aliphatic rings.